The molecule has 5 heteroatoms. The topological polar surface area (TPSA) is 74.2 Å². The molecule has 0 unspecified atom stereocenters. The van der Waals surface area contributed by atoms with Crippen LogP contribution >= 0.6 is 0 Å². The molecule has 0 fully saturated rings. The summed E-state index contributed by atoms with van der Waals surface area (Å²) in [6.45, 7) is 1.92. The molecule has 0 aliphatic heterocycles. The molecule has 0 radical (unpaired) electrons. The maximum atomic E-state index is 5.44. The van der Waals surface area contributed by atoms with Crippen molar-refractivity contribution >= 4 is 5.88 Å². The van der Waals surface area contributed by atoms with Crippen molar-refractivity contribution in [3.8, 4) is 17.1 Å². The highest BCUT2D eigenvalue weighted by Crippen LogP contribution is 2.23. The number of methoxy groups -OCH3 is 1. The second-order valence-corrected chi connectivity index (χ2v) is 3.16. The summed E-state index contributed by atoms with van der Waals surface area (Å²) in [5, 5.41) is 3.80. The van der Waals surface area contributed by atoms with Crippen molar-refractivity contribution in [3.63, 3.8) is 0 Å². The van der Waals surface area contributed by atoms with Crippen LogP contribution in [0, 0.1) is 6.92 Å². The molecule has 2 aromatic heterocycles. The van der Waals surface area contributed by atoms with Crippen LogP contribution in [0.3, 0.4) is 0 Å². The van der Waals surface area contributed by atoms with Crippen LogP contribution in [0.25, 0.3) is 11.3 Å². The van der Waals surface area contributed by atoms with Crippen molar-refractivity contribution in [2.24, 2.45) is 0 Å². The summed E-state index contributed by atoms with van der Waals surface area (Å²) in [7, 11) is 1.59. The maximum Gasteiger partial charge on any atom is 0.222 e. The van der Waals surface area contributed by atoms with Gasteiger partial charge in [0.25, 0.3) is 0 Å². The third-order valence-electron chi connectivity index (χ3n) is 2.05. The highest BCUT2D eigenvalue weighted by Gasteiger charge is 2.07. The molecule has 78 valence electrons. The van der Waals surface area contributed by atoms with Gasteiger partial charge in [-0.2, -0.15) is 0 Å². The zero-order valence-electron chi connectivity index (χ0n) is 8.52. The van der Waals surface area contributed by atoms with Gasteiger partial charge in [-0.05, 0) is 13.0 Å². The molecule has 0 atom stereocenters. The fourth-order valence-electron chi connectivity index (χ4n) is 1.34. The Morgan fingerprint density at radius 2 is 2.20 bits per heavy atom. The molecule has 5 nitrogen and oxygen atoms in total. The second-order valence-electron chi connectivity index (χ2n) is 3.16. The number of nitrogen functional groups attached to an aromatic ring is 1. The van der Waals surface area contributed by atoms with Gasteiger partial charge in [0.2, 0.25) is 11.8 Å². The smallest absolute Gasteiger partial charge is 0.222 e. The average molecular weight is 205 g/mol. The Kier molecular flexibility index (Phi) is 2.29. The predicted molar refractivity (Wildman–Crippen MR) is 55.4 cm³/mol. The Hall–Kier alpha value is -2.04. The predicted octanol–water partition coefficient (Wildman–Crippen LogP) is 1.64. The summed E-state index contributed by atoms with van der Waals surface area (Å²) in [6.07, 6.45) is 1.67. The van der Waals surface area contributed by atoms with Gasteiger partial charge in [0.15, 0.2) is 0 Å². The molecule has 2 N–H and O–H groups in total. The minimum Gasteiger partial charge on any atom is -0.481 e. The summed E-state index contributed by atoms with van der Waals surface area (Å²) in [4.78, 5) is 4.14. The van der Waals surface area contributed by atoms with Gasteiger partial charge >= 0.3 is 0 Å². The number of aromatic nitrogens is 2. The SMILES string of the molecule is COc1ncc(-c2cc(N)on2)cc1C. The van der Waals surface area contributed by atoms with E-state index in [0.29, 0.717) is 17.5 Å². The molecule has 0 aliphatic carbocycles. The summed E-state index contributed by atoms with van der Waals surface area (Å²) >= 11 is 0. The number of anilines is 1. The Bertz CT molecular complexity index is 479. The molecule has 0 saturated carbocycles. The normalized spacial score (nSPS) is 10.3. The van der Waals surface area contributed by atoms with Gasteiger partial charge in [0.05, 0.1) is 7.11 Å². The second kappa shape index (κ2) is 3.61. The summed E-state index contributed by atoms with van der Waals surface area (Å²) in [5.41, 5.74) is 7.90. The monoisotopic (exact) mass is 205 g/mol. The maximum absolute atomic E-state index is 5.44. The highest BCUT2D eigenvalue weighted by molar-refractivity contribution is 5.61. The van der Waals surface area contributed by atoms with Crippen molar-refractivity contribution in [3.05, 3.63) is 23.9 Å². The van der Waals surface area contributed by atoms with Gasteiger partial charge < -0.3 is 15.0 Å². The van der Waals surface area contributed by atoms with E-state index in [1.807, 2.05) is 13.0 Å². The molecule has 0 bridgehead atoms. The number of hydrogen-bond acceptors (Lipinski definition) is 5. The number of aryl methyl sites for hydroxylation is 1. The van der Waals surface area contributed by atoms with Crippen molar-refractivity contribution in [1.82, 2.24) is 10.1 Å². The van der Waals surface area contributed by atoms with E-state index in [1.54, 1.807) is 19.4 Å². The van der Waals surface area contributed by atoms with E-state index in [2.05, 4.69) is 10.1 Å². The van der Waals surface area contributed by atoms with E-state index in [0.717, 1.165) is 11.1 Å². The zero-order valence-corrected chi connectivity index (χ0v) is 8.52. The zero-order chi connectivity index (χ0) is 10.8. The average Bonchev–Trinajstić information content (AvgIpc) is 2.65. The van der Waals surface area contributed by atoms with Crippen molar-refractivity contribution in [2.75, 3.05) is 12.8 Å². The van der Waals surface area contributed by atoms with Gasteiger partial charge in [0, 0.05) is 23.4 Å². The van der Waals surface area contributed by atoms with Gasteiger partial charge in [0.1, 0.15) is 5.69 Å². The minimum atomic E-state index is 0.290. The van der Waals surface area contributed by atoms with Crippen LogP contribution < -0.4 is 10.5 Å². The first-order valence-electron chi connectivity index (χ1n) is 4.44. The molecular weight excluding hydrogens is 194 g/mol. The number of hydrogen-bond donors (Lipinski definition) is 1. The first-order chi connectivity index (χ1) is 7.20. The van der Waals surface area contributed by atoms with Gasteiger partial charge in [-0.3, -0.25) is 0 Å². The highest BCUT2D eigenvalue weighted by atomic mass is 16.5. The van der Waals surface area contributed by atoms with Crippen LogP contribution in [-0.2, 0) is 0 Å². The number of nitrogens with two attached hydrogens (primary N) is 1. The van der Waals surface area contributed by atoms with Crippen LogP contribution in [0.1, 0.15) is 5.56 Å². The van der Waals surface area contributed by atoms with Crippen LogP contribution in [0.2, 0.25) is 0 Å². The third-order valence-corrected chi connectivity index (χ3v) is 2.05. The molecular formula is C10H11N3O2. The Balaban J connectivity index is 2.42. The van der Waals surface area contributed by atoms with Gasteiger partial charge in [-0.25, -0.2) is 4.98 Å². The summed E-state index contributed by atoms with van der Waals surface area (Å²) in [6, 6.07) is 3.58. The molecule has 0 aliphatic rings. The number of rotatable bonds is 2. The first-order valence-corrected chi connectivity index (χ1v) is 4.44. The van der Waals surface area contributed by atoms with E-state index in [4.69, 9.17) is 15.0 Å². The van der Waals surface area contributed by atoms with Crippen LogP contribution in [0.5, 0.6) is 5.88 Å². The molecule has 2 heterocycles. The first kappa shape index (κ1) is 9.51. The molecule has 0 amide bonds. The lowest BCUT2D eigenvalue weighted by atomic mass is 10.1. The Morgan fingerprint density at radius 3 is 2.73 bits per heavy atom. The minimum absolute atomic E-state index is 0.290. The lowest BCUT2D eigenvalue weighted by Crippen LogP contribution is -1.91. The molecule has 0 saturated heterocycles. The molecule has 2 aromatic rings. The lowest BCUT2D eigenvalue weighted by Gasteiger charge is -2.03. The molecule has 15 heavy (non-hydrogen) atoms. The Morgan fingerprint density at radius 1 is 1.40 bits per heavy atom. The molecule has 0 aromatic carbocycles. The van der Waals surface area contributed by atoms with E-state index < -0.39 is 0 Å². The number of ether oxygens (including phenoxy) is 1. The van der Waals surface area contributed by atoms with Gasteiger partial charge in [-0.15, -0.1) is 0 Å². The van der Waals surface area contributed by atoms with E-state index in [1.165, 1.54) is 0 Å². The third kappa shape index (κ3) is 1.76. The largest absolute Gasteiger partial charge is 0.481 e. The number of pyridine rings is 1. The quantitative estimate of drug-likeness (QED) is 0.806. The van der Waals surface area contributed by atoms with Gasteiger partial charge in [-0.1, -0.05) is 5.16 Å². The lowest BCUT2D eigenvalue weighted by molar-refractivity contribution is 0.394. The molecule has 0 spiro atoms. The van der Waals surface area contributed by atoms with E-state index >= 15 is 0 Å². The Labute approximate surface area is 86.9 Å². The van der Waals surface area contributed by atoms with E-state index in [-0.39, 0.29) is 0 Å². The molecule has 2 rings (SSSR count). The van der Waals surface area contributed by atoms with Crippen molar-refractivity contribution in [1.29, 1.82) is 0 Å². The van der Waals surface area contributed by atoms with Crippen LogP contribution in [0.4, 0.5) is 5.88 Å². The number of nitrogens with zero attached hydrogens (tertiary/aromatic N) is 2. The van der Waals surface area contributed by atoms with E-state index in [9.17, 15) is 0 Å². The van der Waals surface area contributed by atoms with Crippen LogP contribution in [-0.4, -0.2) is 17.3 Å². The fraction of sp³-hybridized carbons (Fsp3) is 0.200. The van der Waals surface area contributed by atoms with Crippen molar-refractivity contribution in [2.45, 2.75) is 6.92 Å². The summed E-state index contributed by atoms with van der Waals surface area (Å²) < 4.78 is 9.85. The van der Waals surface area contributed by atoms with Crippen molar-refractivity contribution < 1.29 is 9.26 Å². The summed E-state index contributed by atoms with van der Waals surface area (Å²) in [5.74, 6) is 0.897. The standard InChI is InChI=1S/C10H11N3O2/c1-6-3-7(5-12-10(6)14-2)8-4-9(11)15-13-8/h3-5H,11H2,1-2H3. The fourth-order valence-corrected chi connectivity index (χ4v) is 1.34. The van der Waals surface area contributed by atoms with Crippen LogP contribution in [0.15, 0.2) is 22.9 Å².